The summed E-state index contributed by atoms with van der Waals surface area (Å²) in [6.45, 7) is -1.15. The summed E-state index contributed by atoms with van der Waals surface area (Å²) in [6, 6.07) is 0. The van der Waals surface area contributed by atoms with Crippen molar-refractivity contribution in [1.82, 2.24) is 19.9 Å². The van der Waals surface area contributed by atoms with Gasteiger partial charge in [0.15, 0.2) is 11.6 Å². The van der Waals surface area contributed by atoms with Crippen LogP contribution < -0.4 is 15.5 Å². The SMILES string of the molecule is CN(C)c1nc(NCC(F)(F)F)c2ncnc(NCCO)c2n1.Cl. The number of nitrogens with one attached hydrogen (secondary N) is 2. The molecule has 0 amide bonds. The number of aliphatic hydroxyl groups is 1. The molecule has 0 unspecified atom stereocenters. The summed E-state index contributed by atoms with van der Waals surface area (Å²) in [4.78, 5) is 17.8. The Morgan fingerprint density at radius 3 is 2.38 bits per heavy atom. The number of rotatable bonds is 6. The third-order valence-corrected chi connectivity index (χ3v) is 2.73. The Balaban J connectivity index is 0.00000288. The summed E-state index contributed by atoms with van der Waals surface area (Å²) < 4.78 is 37.4. The Kier molecular flexibility index (Phi) is 6.72. The molecule has 8 nitrogen and oxygen atoms in total. The van der Waals surface area contributed by atoms with Crippen LogP contribution in [0.1, 0.15) is 0 Å². The van der Waals surface area contributed by atoms with E-state index in [4.69, 9.17) is 5.11 Å². The third-order valence-electron chi connectivity index (χ3n) is 2.73. The average molecular weight is 368 g/mol. The molecule has 2 aromatic rings. The first kappa shape index (κ1) is 19.9. The zero-order valence-corrected chi connectivity index (χ0v) is 13.7. The minimum absolute atomic E-state index is 0. The van der Waals surface area contributed by atoms with Crippen molar-refractivity contribution >= 4 is 41.0 Å². The molecular weight excluding hydrogens is 351 g/mol. The lowest BCUT2D eigenvalue weighted by molar-refractivity contribution is -0.115. The first-order valence-electron chi connectivity index (χ1n) is 6.67. The molecule has 2 rings (SSSR count). The Morgan fingerprint density at radius 1 is 1.08 bits per heavy atom. The molecule has 0 aliphatic carbocycles. The predicted octanol–water partition coefficient (Wildman–Crippen LogP) is 1.29. The molecule has 0 fully saturated rings. The molecule has 0 saturated heterocycles. The monoisotopic (exact) mass is 367 g/mol. The lowest BCUT2D eigenvalue weighted by atomic mass is 10.3. The highest BCUT2D eigenvalue weighted by atomic mass is 35.5. The van der Waals surface area contributed by atoms with Gasteiger partial charge in [0.05, 0.1) is 6.61 Å². The molecule has 0 bridgehead atoms. The number of nitrogens with zero attached hydrogens (tertiary/aromatic N) is 5. The summed E-state index contributed by atoms with van der Waals surface area (Å²) in [5.74, 6) is 0.485. The number of anilines is 3. The molecule has 24 heavy (non-hydrogen) atoms. The fourth-order valence-corrected chi connectivity index (χ4v) is 1.75. The van der Waals surface area contributed by atoms with E-state index in [1.165, 1.54) is 6.33 Å². The number of fused-ring (bicyclic) bond motifs is 1. The van der Waals surface area contributed by atoms with E-state index >= 15 is 0 Å². The van der Waals surface area contributed by atoms with Crippen molar-refractivity contribution in [3.63, 3.8) is 0 Å². The highest BCUT2D eigenvalue weighted by Gasteiger charge is 2.27. The van der Waals surface area contributed by atoms with E-state index in [2.05, 4.69) is 30.6 Å². The maximum Gasteiger partial charge on any atom is 0.405 e. The van der Waals surface area contributed by atoms with Gasteiger partial charge in [0.2, 0.25) is 5.95 Å². The zero-order chi connectivity index (χ0) is 17.0. The van der Waals surface area contributed by atoms with Gasteiger partial charge < -0.3 is 20.6 Å². The smallest absolute Gasteiger partial charge is 0.395 e. The standard InChI is InChI=1S/C12H16F3N7O.ClH/c1-22(2)11-20-8-7(10(21-11)17-5-12(13,14)15)18-6-19-9(8)16-3-4-23;/h6,23H,3-5H2,1-2H3,(H,16,18,19)(H,17,20,21);1H. The molecule has 0 radical (unpaired) electrons. The zero-order valence-electron chi connectivity index (χ0n) is 12.9. The molecule has 0 spiro atoms. The lowest BCUT2D eigenvalue weighted by Crippen LogP contribution is -2.23. The van der Waals surface area contributed by atoms with Gasteiger partial charge in [-0.25, -0.2) is 15.0 Å². The third kappa shape index (κ3) is 4.93. The van der Waals surface area contributed by atoms with E-state index in [0.29, 0.717) is 5.82 Å². The van der Waals surface area contributed by atoms with Gasteiger partial charge in [-0.1, -0.05) is 0 Å². The van der Waals surface area contributed by atoms with Gasteiger partial charge in [0.1, 0.15) is 23.9 Å². The van der Waals surface area contributed by atoms with Crippen LogP contribution in [0, 0.1) is 0 Å². The van der Waals surface area contributed by atoms with Crippen molar-refractivity contribution in [2.75, 3.05) is 49.3 Å². The van der Waals surface area contributed by atoms with Crippen molar-refractivity contribution < 1.29 is 18.3 Å². The van der Waals surface area contributed by atoms with Gasteiger partial charge in [-0.2, -0.15) is 18.2 Å². The Morgan fingerprint density at radius 2 is 1.79 bits per heavy atom. The predicted molar refractivity (Wildman–Crippen MR) is 86.8 cm³/mol. The van der Waals surface area contributed by atoms with Gasteiger partial charge >= 0.3 is 6.18 Å². The van der Waals surface area contributed by atoms with Crippen molar-refractivity contribution in [1.29, 1.82) is 0 Å². The first-order chi connectivity index (χ1) is 10.8. The fourth-order valence-electron chi connectivity index (χ4n) is 1.75. The lowest BCUT2D eigenvalue weighted by Gasteiger charge is -2.16. The molecule has 0 aliphatic rings. The van der Waals surface area contributed by atoms with Crippen LogP contribution in [0.15, 0.2) is 6.33 Å². The van der Waals surface area contributed by atoms with E-state index in [0.717, 1.165) is 0 Å². The summed E-state index contributed by atoms with van der Waals surface area (Å²) in [5.41, 5.74) is 0.430. The van der Waals surface area contributed by atoms with E-state index in [1.807, 2.05) is 0 Å². The van der Waals surface area contributed by atoms with Crippen LogP contribution in [-0.2, 0) is 0 Å². The Bertz CT molecular complexity index is 683. The van der Waals surface area contributed by atoms with Crippen LogP contribution in [0.5, 0.6) is 0 Å². The van der Waals surface area contributed by atoms with Crippen LogP contribution in [0.3, 0.4) is 0 Å². The summed E-state index contributed by atoms with van der Waals surface area (Å²) in [6.07, 6.45) is -3.19. The number of hydrogen-bond acceptors (Lipinski definition) is 8. The highest BCUT2D eigenvalue weighted by Crippen LogP contribution is 2.26. The van der Waals surface area contributed by atoms with Gasteiger partial charge in [-0.3, -0.25) is 0 Å². The van der Waals surface area contributed by atoms with Gasteiger partial charge in [0.25, 0.3) is 0 Å². The summed E-state index contributed by atoms with van der Waals surface area (Å²) >= 11 is 0. The van der Waals surface area contributed by atoms with E-state index < -0.39 is 12.7 Å². The average Bonchev–Trinajstić information content (AvgIpc) is 2.49. The summed E-state index contributed by atoms with van der Waals surface area (Å²) in [7, 11) is 3.33. The van der Waals surface area contributed by atoms with E-state index in [1.54, 1.807) is 19.0 Å². The maximum absolute atomic E-state index is 12.5. The summed E-state index contributed by atoms with van der Waals surface area (Å²) in [5, 5.41) is 14.0. The number of aromatic nitrogens is 4. The van der Waals surface area contributed by atoms with Crippen molar-refractivity contribution in [3.8, 4) is 0 Å². The largest absolute Gasteiger partial charge is 0.405 e. The van der Waals surface area contributed by atoms with E-state index in [9.17, 15) is 13.2 Å². The van der Waals surface area contributed by atoms with Crippen LogP contribution in [0.4, 0.5) is 30.8 Å². The van der Waals surface area contributed by atoms with Crippen LogP contribution >= 0.6 is 12.4 Å². The van der Waals surface area contributed by atoms with Crippen LogP contribution in [0.2, 0.25) is 0 Å². The molecule has 0 aromatic carbocycles. The first-order valence-corrected chi connectivity index (χ1v) is 6.67. The Labute approximate surface area is 141 Å². The molecular formula is C12H17ClF3N7O. The van der Waals surface area contributed by atoms with Crippen LogP contribution in [-0.4, -0.2) is 65.0 Å². The quantitative estimate of drug-likeness (QED) is 0.702. The molecule has 0 aliphatic heterocycles. The molecule has 0 atom stereocenters. The minimum atomic E-state index is -4.39. The molecule has 3 N–H and O–H groups in total. The van der Waals surface area contributed by atoms with Crippen molar-refractivity contribution in [3.05, 3.63) is 6.33 Å². The van der Waals surface area contributed by atoms with Gasteiger partial charge in [-0.05, 0) is 0 Å². The number of halogens is 4. The Hall–Kier alpha value is -2.14. The number of aliphatic hydroxyl groups excluding tert-OH is 1. The molecule has 0 saturated carbocycles. The van der Waals surface area contributed by atoms with Gasteiger partial charge in [-0.15, -0.1) is 12.4 Å². The number of alkyl halides is 3. The minimum Gasteiger partial charge on any atom is -0.395 e. The maximum atomic E-state index is 12.5. The van der Waals surface area contributed by atoms with Crippen LogP contribution in [0.25, 0.3) is 11.0 Å². The fraction of sp³-hybridized carbons (Fsp3) is 0.500. The topological polar surface area (TPSA) is 99.1 Å². The molecule has 134 valence electrons. The highest BCUT2D eigenvalue weighted by molar-refractivity contribution is 5.93. The second-order valence-corrected chi connectivity index (χ2v) is 4.81. The van der Waals surface area contributed by atoms with Crippen molar-refractivity contribution in [2.24, 2.45) is 0 Å². The molecule has 2 aromatic heterocycles. The van der Waals surface area contributed by atoms with E-state index in [-0.39, 0.29) is 48.4 Å². The van der Waals surface area contributed by atoms with Gasteiger partial charge in [0, 0.05) is 20.6 Å². The second-order valence-electron chi connectivity index (χ2n) is 4.81. The second kappa shape index (κ2) is 8.11. The molecule has 2 heterocycles. The molecule has 12 heteroatoms. The normalized spacial score (nSPS) is 11.1. The number of hydrogen-bond donors (Lipinski definition) is 3. The van der Waals surface area contributed by atoms with Crippen molar-refractivity contribution in [2.45, 2.75) is 6.18 Å².